The average Bonchev–Trinajstić information content (AvgIpc) is 3.07. The summed E-state index contributed by atoms with van der Waals surface area (Å²) in [7, 11) is 3.28. The van der Waals surface area contributed by atoms with Crippen molar-refractivity contribution in [2.24, 2.45) is 0 Å². The quantitative estimate of drug-likeness (QED) is 0.426. The molecule has 0 fully saturated rings. The van der Waals surface area contributed by atoms with Gasteiger partial charge in [0, 0.05) is 35.4 Å². The number of carbonyl (C=O) groups is 1. The predicted octanol–water partition coefficient (Wildman–Crippen LogP) is 3.55. The highest BCUT2D eigenvalue weighted by Gasteiger charge is 2.10. The fourth-order valence-electron chi connectivity index (χ4n) is 2.94. The molecule has 0 aliphatic carbocycles. The molecule has 0 bridgehead atoms. The van der Waals surface area contributed by atoms with Crippen molar-refractivity contribution in [2.45, 2.75) is 12.8 Å². The van der Waals surface area contributed by atoms with Crippen molar-refractivity contribution in [3.05, 3.63) is 53.7 Å². The van der Waals surface area contributed by atoms with Crippen LogP contribution in [-0.4, -0.2) is 31.7 Å². The van der Waals surface area contributed by atoms with Gasteiger partial charge in [0.2, 0.25) is 0 Å². The van der Waals surface area contributed by atoms with Gasteiger partial charge in [0.15, 0.2) is 0 Å². The summed E-state index contributed by atoms with van der Waals surface area (Å²) in [5.41, 5.74) is 8.87. The van der Waals surface area contributed by atoms with Crippen LogP contribution < -0.4 is 20.5 Å². The summed E-state index contributed by atoms with van der Waals surface area (Å²) in [4.78, 5) is 15.5. The number of aryl methyl sites for hydroxylation is 1. The molecule has 0 aliphatic rings. The fourth-order valence-corrected chi connectivity index (χ4v) is 2.94. The van der Waals surface area contributed by atoms with Crippen molar-refractivity contribution in [3.8, 4) is 11.5 Å². The van der Waals surface area contributed by atoms with Crippen LogP contribution in [0, 0.1) is 0 Å². The van der Waals surface area contributed by atoms with E-state index in [1.807, 2.05) is 18.2 Å². The SMILES string of the molecule is COc1cc(OC)c2cc(CCCNC(=O)c3ccccc3N)[nH]c2c1.Cl. The maximum absolute atomic E-state index is 12.1. The number of ether oxygens (including phenoxy) is 2. The van der Waals surface area contributed by atoms with Gasteiger partial charge in [-0.05, 0) is 31.0 Å². The highest BCUT2D eigenvalue weighted by molar-refractivity contribution is 5.99. The Morgan fingerprint density at radius 1 is 1.15 bits per heavy atom. The molecule has 1 aromatic heterocycles. The number of nitrogen functional groups attached to an aromatic ring is 1. The third-order valence-corrected chi connectivity index (χ3v) is 4.30. The first-order valence-corrected chi connectivity index (χ1v) is 8.48. The lowest BCUT2D eigenvalue weighted by molar-refractivity contribution is 0.0954. The number of hydrogen-bond donors (Lipinski definition) is 3. The fraction of sp³-hybridized carbons (Fsp3) is 0.250. The first-order valence-electron chi connectivity index (χ1n) is 8.48. The van der Waals surface area contributed by atoms with E-state index in [2.05, 4.69) is 16.4 Å². The first-order chi connectivity index (χ1) is 12.6. The molecule has 0 saturated heterocycles. The monoisotopic (exact) mass is 389 g/mol. The number of carbonyl (C=O) groups excluding carboxylic acids is 1. The number of methoxy groups -OCH3 is 2. The maximum atomic E-state index is 12.1. The summed E-state index contributed by atoms with van der Waals surface area (Å²) < 4.78 is 10.7. The van der Waals surface area contributed by atoms with E-state index >= 15 is 0 Å². The van der Waals surface area contributed by atoms with E-state index in [1.54, 1.807) is 32.4 Å². The molecule has 1 amide bonds. The van der Waals surface area contributed by atoms with Crippen LogP contribution in [0.15, 0.2) is 42.5 Å². The van der Waals surface area contributed by atoms with Crippen LogP contribution in [0.1, 0.15) is 22.5 Å². The number of anilines is 1. The molecule has 1 heterocycles. The number of fused-ring (bicyclic) bond motifs is 1. The number of aromatic amines is 1. The number of aromatic nitrogens is 1. The number of rotatable bonds is 7. The number of hydrogen-bond acceptors (Lipinski definition) is 4. The minimum Gasteiger partial charge on any atom is -0.497 e. The standard InChI is InChI=1S/C20H23N3O3.ClH/c1-25-14-11-18-16(19(12-14)26-2)10-13(23-18)6-5-9-22-20(24)15-7-3-4-8-17(15)21;/h3-4,7-8,10-12,23H,5-6,9,21H2,1-2H3,(H,22,24);1H. The molecule has 0 aliphatic heterocycles. The zero-order valence-electron chi connectivity index (χ0n) is 15.4. The summed E-state index contributed by atoms with van der Waals surface area (Å²) in [6.07, 6.45) is 1.62. The molecule has 7 heteroatoms. The number of nitrogens with one attached hydrogen (secondary N) is 2. The molecule has 144 valence electrons. The molecule has 0 unspecified atom stereocenters. The van der Waals surface area contributed by atoms with Crippen molar-refractivity contribution >= 4 is 34.9 Å². The van der Waals surface area contributed by atoms with E-state index in [4.69, 9.17) is 15.2 Å². The second kappa shape index (κ2) is 9.19. The Labute approximate surface area is 164 Å². The molecular weight excluding hydrogens is 366 g/mol. The average molecular weight is 390 g/mol. The molecule has 0 radical (unpaired) electrons. The van der Waals surface area contributed by atoms with E-state index in [-0.39, 0.29) is 18.3 Å². The zero-order valence-corrected chi connectivity index (χ0v) is 16.2. The van der Waals surface area contributed by atoms with E-state index in [1.165, 1.54) is 0 Å². The Kier molecular flexibility index (Phi) is 6.96. The molecule has 2 aromatic carbocycles. The van der Waals surface area contributed by atoms with Gasteiger partial charge in [-0.15, -0.1) is 12.4 Å². The molecule has 3 aromatic rings. The maximum Gasteiger partial charge on any atom is 0.253 e. The van der Waals surface area contributed by atoms with Crippen LogP contribution in [0.2, 0.25) is 0 Å². The summed E-state index contributed by atoms with van der Waals surface area (Å²) in [6, 6.07) is 12.9. The molecular formula is C20H24ClN3O3. The van der Waals surface area contributed by atoms with Gasteiger partial charge >= 0.3 is 0 Å². The number of para-hydroxylation sites is 1. The van der Waals surface area contributed by atoms with E-state index in [0.29, 0.717) is 17.8 Å². The van der Waals surface area contributed by atoms with E-state index in [0.717, 1.165) is 40.9 Å². The molecule has 4 N–H and O–H groups in total. The molecule has 0 spiro atoms. The van der Waals surface area contributed by atoms with Crippen molar-refractivity contribution in [2.75, 3.05) is 26.5 Å². The minimum absolute atomic E-state index is 0. The highest BCUT2D eigenvalue weighted by Crippen LogP contribution is 2.31. The minimum atomic E-state index is -0.147. The summed E-state index contributed by atoms with van der Waals surface area (Å²) >= 11 is 0. The van der Waals surface area contributed by atoms with Gasteiger partial charge in [0.1, 0.15) is 11.5 Å². The molecule has 0 atom stereocenters. The van der Waals surface area contributed by atoms with Crippen molar-refractivity contribution in [1.29, 1.82) is 0 Å². The molecule has 6 nitrogen and oxygen atoms in total. The first kappa shape index (κ1) is 20.5. The van der Waals surface area contributed by atoms with Gasteiger partial charge in [0.25, 0.3) is 5.91 Å². The highest BCUT2D eigenvalue weighted by atomic mass is 35.5. The molecule has 0 saturated carbocycles. The molecule has 27 heavy (non-hydrogen) atoms. The lowest BCUT2D eigenvalue weighted by Gasteiger charge is -2.06. The van der Waals surface area contributed by atoms with Crippen LogP contribution in [0.5, 0.6) is 11.5 Å². The van der Waals surface area contributed by atoms with E-state index in [9.17, 15) is 4.79 Å². The van der Waals surface area contributed by atoms with Crippen LogP contribution in [0.4, 0.5) is 5.69 Å². The van der Waals surface area contributed by atoms with Crippen LogP contribution in [0.3, 0.4) is 0 Å². The Morgan fingerprint density at radius 3 is 2.63 bits per heavy atom. The lowest BCUT2D eigenvalue weighted by Crippen LogP contribution is -2.25. The normalized spacial score (nSPS) is 10.3. The summed E-state index contributed by atoms with van der Waals surface area (Å²) in [5, 5.41) is 3.93. The Hall–Kier alpha value is -2.86. The largest absolute Gasteiger partial charge is 0.497 e. The van der Waals surface area contributed by atoms with Crippen LogP contribution in [0.25, 0.3) is 10.9 Å². The Bertz CT molecular complexity index is 924. The topological polar surface area (TPSA) is 89.4 Å². The van der Waals surface area contributed by atoms with Gasteiger partial charge in [-0.3, -0.25) is 4.79 Å². The number of nitrogens with two attached hydrogens (primary N) is 1. The third-order valence-electron chi connectivity index (χ3n) is 4.30. The smallest absolute Gasteiger partial charge is 0.253 e. The van der Waals surface area contributed by atoms with Gasteiger partial charge in [0.05, 0.1) is 25.3 Å². The summed E-state index contributed by atoms with van der Waals surface area (Å²) in [6.45, 7) is 0.572. The van der Waals surface area contributed by atoms with Crippen molar-refractivity contribution < 1.29 is 14.3 Å². The third kappa shape index (κ3) is 4.65. The Balaban J connectivity index is 0.00000261. The lowest BCUT2D eigenvalue weighted by atomic mass is 10.1. The van der Waals surface area contributed by atoms with Gasteiger partial charge < -0.3 is 25.5 Å². The van der Waals surface area contributed by atoms with E-state index < -0.39 is 0 Å². The predicted molar refractivity (Wildman–Crippen MR) is 110 cm³/mol. The van der Waals surface area contributed by atoms with Gasteiger partial charge in [-0.1, -0.05) is 12.1 Å². The summed E-state index contributed by atoms with van der Waals surface area (Å²) in [5.74, 6) is 1.37. The Morgan fingerprint density at radius 2 is 1.93 bits per heavy atom. The van der Waals surface area contributed by atoms with Crippen molar-refractivity contribution in [3.63, 3.8) is 0 Å². The number of amides is 1. The number of H-pyrrole nitrogens is 1. The van der Waals surface area contributed by atoms with Gasteiger partial charge in [-0.25, -0.2) is 0 Å². The number of halogens is 1. The van der Waals surface area contributed by atoms with Gasteiger partial charge in [-0.2, -0.15) is 0 Å². The van der Waals surface area contributed by atoms with Crippen LogP contribution >= 0.6 is 12.4 Å². The van der Waals surface area contributed by atoms with Crippen molar-refractivity contribution in [1.82, 2.24) is 10.3 Å². The van der Waals surface area contributed by atoms with Crippen LogP contribution in [-0.2, 0) is 6.42 Å². The zero-order chi connectivity index (χ0) is 18.5. The number of benzene rings is 2. The second-order valence-corrected chi connectivity index (χ2v) is 6.03. The second-order valence-electron chi connectivity index (χ2n) is 6.03. The molecule has 3 rings (SSSR count).